The van der Waals surface area contributed by atoms with Crippen molar-refractivity contribution in [2.75, 3.05) is 0 Å². The molecule has 0 bridgehead atoms. The molecule has 0 unspecified atom stereocenters. The van der Waals surface area contributed by atoms with Gasteiger partial charge in [0, 0.05) is 6.20 Å². The van der Waals surface area contributed by atoms with Crippen molar-refractivity contribution in [2.24, 2.45) is 0 Å². The Kier molecular flexibility index (Phi) is 2.28. The third kappa shape index (κ3) is 1.41. The number of hydrogen-bond donors (Lipinski definition) is 1. The molecule has 2 aromatic heterocycles. The molecule has 0 spiro atoms. The van der Waals surface area contributed by atoms with Crippen LogP contribution < -0.4 is 11.2 Å². The maximum Gasteiger partial charge on any atom is 0.337 e. The molecule has 2 heterocycles. The van der Waals surface area contributed by atoms with Crippen LogP contribution in [-0.4, -0.2) is 7.76 Å². The monoisotopic (exact) mass is 304 g/mol. The van der Waals surface area contributed by atoms with Gasteiger partial charge >= 0.3 is 5.69 Å². The largest absolute Gasteiger partial charge is 0.464 e. The molecule has 6 heteroatoms. The van der Waals surface area contributed by atoms with E-state index in [1.54, 1.807) is 35.0 Å². The molecule has 0 aromatic carbocycles. The SMILES string of the molecule is O=c1[nH]cc(-c2ccco2)c(=O)n1I. The summed E-state index contributed by atoms with van der Waals surface area (Å²) in [5.74, 6) is 0.441. The third-order valence-corrected chi connectivity index (χ3v) is 2.59. The summed E-state index contributed by atoms with van der Waals surface area (Å²) in [7, 11) is 0. The van der Waals surface area contributed by atoms with Crippen molar-refractivity contribution >= 4 is 22.9 Å². The van der Waals surface area contributed by atoms with Gasteiger partial charge in [0.2, 0.25) is 0 Å². The first-order chi connectivity index (χ1) is 6.70. The summed E-state index contributed by atoms with van der Waals surface area (Å²) in [4.78, 5) is 25.0. The summed E-state index contributed by atoms with van der Waals surface area (Å²) >= 11 is 1.64. The number of halogens is 1. The Morgan fingerprint density at radius 2 is 2.21 bits per heavy atom. The van der Waals surface area contributed by atoms with Gasteiger partial charge in [-0.3, -0.25) is 4.79 Å². The summed E-state index contributed by atoms with van der Waals surface area (Å²) in [6, 6.07) is 3.34. The Morgan fingerprint density at radius 1 is 1.43 bits per heavy atom. The fourth-order valence-corrected chi connectivity index (χ4v) is 1.46. The van der Waals surface area contributed by atoms with Gasteiger partial charge in [-0.05, 0) is 12.1 Å². The van der Waals surface area contributed by atoms with Crippen LogP contribution in [0.2, 0.25) is 0 Å². The molecule has 5 nitrogen and oxygen atoms in total. The second-order valence-corrected chi connectivity index (χ2v) is 3.54. The molecule has 0 aliphatic carbocycles. The van der Waals surface area contributed by atoms with Crippen molar-refractivity contribution in [1.82, 2.24) is 7.76 Å². The van der Waals surface area contributed by atoms with Gasteiger partial charge in [0.1, 0.15) is 5.76 Å². The van der Waals surface area contributed by atoms with Crippen LogP contribution in [0.3, 0.4) is 0 Å². The van der Waals surface area contributed by atoms with E-state index >= 15 is 0 Å². The normalized spacial score (nSPS) is 10.4. The molecule has 0 amide bonds. The Labute approximate surface area is 91.9 Å². The summed E-state index contributed by atoms with van der Waals surface area (Å²) < 4.78 is 6.02. The number of furan rings is 1. The zero-order chi connectivity index (χ0) is 10.1. The molecule has 0 aliphatic heterocycles. The van der Waals surface area contributed by atoms with Crippen molar-refractivity contribution in [3.63, 3.8) is 0 Å². The molecule has 2 rings (SSSR count). The number of aromatic amines is 1. The van der Waals surface area contributed by atoms with Crippen molar-refractivity contribution < 1.29 is 4.42 Å². The highest BCUT2D eigenvalue weighted by atomic mass is 127. The molecule has 72 valence electrons. The quantitative estimate of drug-likeness (QED) is 0.799. The lowest BCUT2D eigenvalue weighted by molar-refractivity contribution is 0.581. The van der Waals surface area contributed by atoms with Crippen LogP contribution in [0.1, 0.15) is 0 Å². The standard InChI is InChI=1S/C8H5IN2O3/c9-11-7(12)5(4-10-8(11)13)6-2-1-3-14-6/h1-4H,(H,10,13). The van der Waals surface area contributed by atoms with Crippen LogP contribution in [0.15, 0.2) is 38.6 Å². The minimum Gasteiger partial charge on any atom is -0.464 e. The van der Waals surface area contributed by atoms with Crippen LogP contribution >= 0.6 is 22.9 Å². The van der Waals surface area contributed by atoms with Crippen LogP contribution in [0.5, 0.6) is 0 Å². The van der Waals surface area contributed by atoms with Gasteiger partial charge in [0.25, 0.3) is 5.56 Å². The first-order valence-electron chi connectivity index (χ1n) is 3.75. The van der Waals surface area contributed by atoms with Gasteiger partial charge in [-0.2, -0.15) is 2.78 Å². The lowest BCUT2D eigenvalue weighted by atomic mass is 10.3. The Bertz CT molecular complexity index is 553. The van der Waals surface area contributed by atoms with Crippen molar-refractivity contribution in [3.05, 3.63) is 45.4 Å². The number of nitrogens with zero attached hydrogens (tertiary/aromatic N) is 1. The van der Waals surface area contributed by atoms with Gasteiger partial charge in [0.15, 0.2) is 0 Å². The predicted octanol–water partition coefficient (Wildman–Crippen LogP) is 0.995. The van der Waals surface area contributed by atoms with Crippen molar-refractivity contribution in [3.8, 4) is 11.3 Å². The van der Waals surface area contributed by atoms with Crippen LogP contribution in [0.4, 0.5) is 0 Å². The fraction of sp³-hybridized carbons (Fsp3) is 0. The summed E-state index contributed by atoms with van der Waals surface area (Å²) in [5, 5.41) is 0. The fourth-order valence-electron chi connectivity index (χ4n) is 1.06. The maximum absolute atomic E-state index is 11.6. The molecule has 0 fully saturated rings. The number of hydrogen-bond acceptors (Lipinski definition) is 3. The first-order valence-corrected chi connectivity index (χ1v) is 4.71. The Balaban J connectivity index is 2.74. The van der Waals surface area contributed by atoms with E-state index in [2.05, 4.69) is 4.98 Å². The van der Waals surface area contributed by atoms with Gasteiger partial charge < -0.3 is 9.40 Å². The van der Waals surface area contributed by atoms with E-state index in [1.807, 2.05) is 0 Å². The predicted molar refractivity (Wildman–Crippen MR) is 58.4 cm³/mol. The minimum atomic E-state index is -0.453. The molecule has 14 heavy (non-hydrogen) atoms. The summed E-state index contributed by atoms with van der Waals surface area (Å²) in [6.45, 7) is 0. The smallest absolute Gasteiger partial charge is 0.337 e. The zero-order valence-electron chi connectivity index (χ0n) is 6.86. The zero-order valence-corrected chi connectivity index (χ0v) is 9.02. The number of H-pyrrole nitrogens is 1. The molecule has 0 atom stereocenters. The molecular weight excluding hydrogens is 299 g/mol. The van der Waals surface area contributed by atoms with E-state index < -0.39 is 5.69 Å². The number of aromatic nitrogens is 2. The Hall–Kier alpha value is -1.31. The van der Waals surface area contributed by atoms with E-state index in [4.69, 9.17) is 4.42 Å². The molecular formula is C8H5IN2O3. The lowest BCUT2D eigenvalue weighted by Crippen LogP contribution is -2.29. The van der Waals surface area contributed by atoms with Gasteiger partial charge in [-0.15, -0.1) is 0 Å². The van der Waals surface area contributed by atoms with E-state index in [0.29, 0.717) is 11.3 Å². The average Bonchev–Trinajstić information content (AvgIpc) is 2.67. The van der Waals surface area contributed by atoms with E-state index in [1.165, 1.54) is 12.5 Å². The molecule has 1 N–H and O–H groups in total. The molecule has 2 aromatic rings. The van der Waals surface area contributed by atoms with Gasteiger partial charge in [-0.1, -0.05) is 0 Å². The lowest BCUT2D eigenvalue weighted by Gasteiger charge is -1.96. The highest BCUT2D eigenvalue weighted by Crippen LogP contribution is 2.13. The topological polar surface area (TPSA) is 68.0 Å². The third-order valence-electron chi connectivity index (χ3n) is 1.71. The van der Waals surface area contributed by atoms with E-state index in [9.17, 15) is 9.59 Å². The Morgan fingerprint density at radius 3 is 2.86 bits per heavy atom. The van der Waals surface area contributed by atoms with Crippen molar-refractivity contribution in [1.29, 1.82) is 0 Å². The average molecular weight is 304 g/mol. The highest BCUT2D eigenvalue weighted by molar-refractivity contribution is 14.1. The second kappa shape index (κ2) is 3.45. The molecule has 0 saturated heterocycles. The van der Waals surface area contributed by atoms with Crippen LogP contribution in [-0.2, 0) is 0 Å². The second-order valence-electron chi connectivity index (χ2n) is 2.57. The minimum absolute atomic E-state index is 0.337. The first kappa shape index (κ1) is 9.25. The number of rotatable bonds is 1. The molecule has 0 saturated carbocycles. The number of nitrogens with one attached hydrogen (secondary N) is 1. The maximum atomic E-state index is 11.6. The summed E-state index contributed by atoms with van der Waals surface area (Å²) in [5.41, 5.74) is -0.501. The van der Waals surface area contributed by atoms with Crippen LogP contribution in [0.25, 0.3) is 11.3 Å². The highest BCUT2D eigenvalue weighted by Gasteiger charge is 2.09. The molecule has 0 radical (unpaired) electrons. The van der Waals surface area contributed by atoms with Gasteiger partial charge in [-0.25, -0.2) is 4.79 Å². The van der Waals surface area contributed by atoms with Gasteiger partial charge in [0.05, 0.1) is 34.7 Å². The van der Waals surface area contributed by atoms with Crippen LogP contribution in [0, 0.1) is 0 Å². The van der Waals surface area contributed by atoms with E-state index in [-0.39, 0.29) is 5.56 Å². The summed E-state index contributed by atoms with van der Waals surface area (Å²) in [6.07, 6.45) is 2.82. The van der Waals surface area contributed by atoms with Crippen molar-refractivity contribution in [2.45, 2.75) is 0 Å². The van der Waals surface area contributed by atoms with E-state index in [0.717, 1.165) is 2.78 Å². The molecule has 0 aliphatic rings.